The highest BCUT2D eigenvalue weighted by Crippen LogP contribution is 2.10. The number of morpholine rings is 1. The van der Waals surface area contributed by atoms with Crippen molar-refractivity contribution in [3.8, 4) is 0 Å². The lowest BCUT2D eigenvalue weighted by Gasteiger charge is -2.29. The van der Waals surface area contributed by atoms with Gasteiger partial charge in [-0.1, -0.05) is 30.7 Å². The van der Waals surface area contributed by atoms with Gasteiger partial charge in [-0.2, -0.15) is 0 Å². The van der Waals surface area contributed by atoms with Crippen molar-refractivity contribution >= 4 is 41.5 Å². The minimum absolute atomic E-state index is 0. The molecule has 1 saturated heterocycles. The summed E-state index contributed by atoms with van der Waals surface area (Å²) in [5.74, 6) is 1.42. The fraction of sp³-hybridized carbons (Fsp3) is 0.611. The van der Waals surface area contributed by atoms with E-state index in [4.69, 9.17) is 16.3 Å². The van der Waals surface area contributed by atoms with Gasteiger partial charge in [0.1, 0.15) is 0 Å². The lowest BCUT2D eigenvalue weighted by Crippen LogP contribution is -2.44. The molecule has 1 heterocycles. The van der Waals surface area contributed by atoms with Gasteiger partial charge in [-0.25, -0.2) is 0 Å². The van der Waals surface area contributed by atoms with Crippen molar-refractivity contribution in [3.05, 3.63) is 34.9 Å². The highest BCUT2D eigenvalue weighted by molar-refractivity contribution is 14.0. The summed E-state index contributed by atoms with van der Waals surface area (Å²) in [6.07, 6.45) is 0.921. The van der Waals surface area contributed by atoms with Crippen molar-refractivity contribution in [1.82, 2.24) is 15.5 Å². The average Bonchev–Trinajstić information content (AvgIpc) is 2.59. The van der Waals surface area contributed by atoms with E-state index in [2.05, 4.69) is 33.5 Å². The first-order valence-corrected chi connectivity index (χ1v) is 9.04. The summed E-state index contributed by atoms with van der Waals surface area (Å²) in [6, 6.07) is 7.98. The van der Waals surface area contributed by atoms with Crippen molar-refractivity contribution in [2.24, 2.45) is 10.9 Å². The Labute approximate surface area is 173 Å². The maximum atomic E-state index is 6.01. The normalized spacial score (nSPS) is 16.8. The Morgan fingerprint density at radius 2 is 2.08 bits per heavy atom. The molecule has 1 unspecified atom stereocenters. The number of halogens is 2. The van der Waals surface area contributed by atoms with Crippen molar-refractivity contribution in [1.29, 1.82) is 0 Å². The predicted octanol–water partition coefficient (Wildman–Crippen LogP) is 2.63. The van der Waals surface area contributed by atoms with Crippen LogP contribution in [0.5, 0.6) is 0 Å². The van der Waals surface area contributed by atoms with Crippen molar-refractivity contribution < 1.29 is 4.74 Å². The number of aliphatic imine (C=N–C) groups is 1. The molecule has 1 aromatic carbocycles. The van der Waals surface area contributed by atoms with Crippen LogP contribution in [0.15, 0.2) is 29.3 Å². The fourth-order valence-electron chi connectivity index (χ4n) is 2.80. The summed E-state index contributed by atoms with van der Waals surface area (Å²) < 4.78 is 5.39. The number of nitrogens with one attached hydrogen (secondary N) is 2. The number of nitrogens with zero attached hydrogens (tertiary/aromatic N) is 2. The van der Waals surface area contributed by atoms with Crippen LogP contribution in [-0.2, 0) is 11.2 Å². The Morgan fingerprint density at radius 3 is 2.76 bits per heavy atom. The first-order chi connectivity index (χ1) is 11.7. The van der Waals surface area contributed by atoms with Gasteiger partial charge in [0.2, 0.25) is 0 Å². The van der Waals surface area contributed by atoms with Gasteiger partial charge in [-0.05, 0) is 30.0 Å². The first kappa shape index (κ1) is 22.5. The zero-order valence-corrected chi connectivity index (χ0v) is 18.2. The Kier molecular flexibility index (Phi) is 11.4. The summed E-state index contributed by atoms with van der Waals surface area (Å²) in [4.78, 5) is 6.75. The zero-order valence-electron chi connectivity index (χ0n) is 15.1. The zero-order chi connectivity index (χ0) is 17.2. The van der Waals surface area contributed by atoms with Crippen LogP contribution in [0, 0.1) is 5.92 Å². The Hall–Kier alpha value is -0.570. The van der Waals surface area contributed by atoms with E-state index in [0.717, 1.165) is 63.3 Å². The van der Waals surface area contributed by atoms with E-state index in [1.807, 2.05) is 18.2 Å². The van der Waals surface area contributed by atoms with E-state index in [9.17, 15) is 0 Å². The van der Waals surface area contributed by atoms with E-state index < -0.39 is 0 Å². The summed E-state index contributed by atoms with van der Waals surface area (Å²) >= 11 is 6.01. The topological polar surface area (TPSA) is 48.9 Å². The standard InChI is InChI=1S/C18H29ClN4O.HI/c1-15(14-23-8-10-24-11-9-23)13-22-18(20-2)21-7-6-16-4-3-5-17(19)12-16;/h3-5,12,15H,6-11,13-14H2,1-2H3,(H2,20,21,22);1H. The second-order valence-corrected chi connectivity index (χ2v) is 6.71. The molecule has 1 aliphatic rings. The highest BCUT2D eigenvalue weighted by atomic mass is 127. The van der Waals surface area contributed by atoms with Crippen molar-refractivity contribution in [2.45, 2.75) is 13.3 Å². The summed E-state index contributed by atoms with van der Waals surface area (Å²) in [5, 5.41) is 7.55. The van der Waals surface area contributed by atoms with Crippen LogP contribution in [0.2, 0.25) is 5.02 Å². The molecule has 2 rings (SSSR count). The molecule has 1 atom stereocenters. The van der Waals surface area contributed by atoms with Gasteiger partial charge < -0.3 is 15.4 Å². The molecule has 1 fully saturated rings. The minimum Gasteiger partial charge on any atom is -0.379 e. The molecule has 7 heteroatoms. The Morgan fingerprint density at radius 1 is 1.32 bits per heavy atom. The molecule has 0 aliphatic carbocycles. The Bertz CT molecular complexity index is 524. The number of ether oxygens (including phenoxy) is 1. The maximum absolute atomic E-state index is 6.01. The summed E-state index contributed by atoms with van der Waals surface area (Å²) in [6.45, 7) is 8.89. The number of hydrogen-bond acceptors (Lipinski definition) is 3. The third kappa shape index (κ3) is 9.08. The van der Waals surface area contributed by atoms with E-state index in [1.54, 1.807) is 7.05 Å². The average molecular weight is 481 g/mol. The van der Waals surface area contributed by atoms with E-state index >= 15 is 0 Å². The van der Waals surface area contributed by atoms with Gasteiger partial charge in [-0.15, -0.1) is 24.0 Å². The first-order valence-electron chi connectivity index (χ1n) is 8.66. The van der Waals surface area contributed by atoms with Gasteiger partial charge >= 0.3 is 0 Å². The lowest BCUT2D eigenvalue weighted by molar-refractivity contribution is 0.0320. The largest absolute Gasteiger partial charge is 0.379 e. The second kappa shape index (κ2) is 12.7. The third-order valence-electron chi connectivity index (χ3n) is 4.11. The monoisotopic (exact) mass is 480 g/mol. The smallest absolute Gasteiger partial charge is 0.190 e. The number of rotatable bonds is 7. The molecular formula is C18H30ClIN4O. The molecule has 25 heavy (non-hydrogen) atoms. The second-order valence-electron chi connectivity index (χ2n) is 6.28. The fourth-order valence-corrected chi connectivity index (χ4v) is 3.01. The molecule has 5 nitrogen and oxygen atoms in total. The van der Waals surface area contributed by atoms with Crippen LogP contribution in [0.3, 0.4) is 0 Å². The van der Waals surface area contributed by atoms with Crippen LogP contribution < -0.4 is 10.6 Å². The quantitative estimate of drug-likeness (QED) is 0.358. The molecule has 1 aliphatic heterocycles. The molecule has 1 aromatic rings. The number of hydrogen-bond donors (Lipinski definition) is 2. The van der Waals surface area contributed by atoms with Gasteiger partial charge in [0.25, 0.3) is 0 Å². The van der Waals surface area contributed by atoms with E-state index in [0.29, 0.717) is 5.92 Å². The highest BCUT2D eigenvalue weighted by Gasteiger charge is 2.13. The van der Waals surface area contributed by atoms with Crippen LogP contribution in [0.4, 0.5) is 0 Å². The molecule has 142 valence electrons. The molecule has 0 radical (unpaired) electrons. The number of guanidine groups is 1. The molecule has 0 spiro atoms. The van der Waals surface area contributed by atoms with Crippen LogP contribution >= 0.6 is 35.6 Å². The third-order valence-corrected chi connectivity index (χ3v) is 4.35. The van der Waals surface area contributed by atoms with Crippen LogP contribution in [-0.4, -0.2) is 63.8 Å². The molecule has 0 aromatic heterocycles. The van der Waals surface area contributed by atoms with E-state index in [-0.39, 0.29) is 24.0 Å². The number of benzene rings is 1. The van der Waals surface area contributed by atoms with Crippen LogP contribution in [0.1, 0.15) is 12.5 Å². The Balaban J connectivity index is 0.00000312. The molecule has 0 bridgehead atoms. The SMILES string of the molecule is CN=C(NCCc1cccc(Cl)c1)NCC(C)CN1CCOCC1.I. The van der Waals surface area contributed by atoms with Crippen molar-refractivity contribution in [2.75, 3.05) is 53.0 Å². The minimum atomic E-state index is 0. The molecule has 0 amide bonds. The van der Waals surface area contributed by atoms with Gasteiger partial charge in [0.15, 0.2) is 5.96 Å². The van der Waals surface area contributed by atoms with Gasteiger partial charge in [0, 0.05) is 44.8 Å². The van der Waals surface area contributed by atoms with Crippen LogP contribution in [0.25, 0.3) is 0 Å². The molecule has 2 N–H and O–H groups in total. The lowest BCUT2D eigenvalue weighted by atomic mass is 10.1. The maximum Gasteiger partial charge on any atom is 0.190 e. The summed E-state index contributed by atoms with van der Waals surface area (Å²) in [7, 11) is 1.81. The summed E-state index contributed by atoms with van der Waals surface area (Å²) in [5.41, 5.74) is 1.23. The van der Waals surface area contributed by atoms with E-state index in [1.165, 1.54) is 5.56 Å². The van der Waals surface area contributed by atoms with Gasteiger partial charge in [-0.3, -0.25) is 9.89 Å². The molecule has 0 saturated carbocycles. The van der Waals surface area contributed by atoms with Gasteiger partial charge in [0.05, 0.1) is 13.2 Å². The predicted molar refractivity (Wildman–Crippen MR) is 116 cm³/mol. The van der Waals surface area contributed by atoms with Crippen molar-refractivity contribution in [3.63, 3.8) is 0 Å². The molecular weight excluding hydrogens is 451 g/mol.